The van der Waals surface area contributed by atoms with E-state index in [-0.39, 0.29) is 55.0 Å². The van der Waals surface area contributed by atoms with Gasteiger partial charge in [0.2, 0.25) is 35.9 Å². The van der Waals surface area contributed by atoms with Crippen molar-refractivity contribution in [1.82, 2.24) is 46.6 Å². The Balaban J connectivity index is 0.901. The Hall–Kier alpha value is -6.19. The van der Waals surface area contributed by atoms with Crippen molar-refractivity contribution in [3.63, 3.8) is 0 Å². The zero-order chi connectivity index (χ0) is 65.9. The van der Waals surface area contributed by atoms with Crippen molar-refractivity contribution in [3.8, 4) is 22.1 Å². The number of nitrogens with one attached hydrogen (secondary N) is 5. The highest BCUT2D eigenvalue weighted by Crippen LogP contribution is 2.43. The number of anilines is 1. The first kappa shape index (κ1) is 70.7. The topological polar surface area (TPSA) is 413 Å². The minimum absolute atomic E-state index is 0.0250. The second-order valence-electron chi connectivity index (χ2n) is 25.4. The SMILES string of the molecule is COC1(C2CCCCC2)CCN(c2ccc(-c3nnc([C@H]4CC[C@H](CN[C@@H](C[C@@H](O)CNC=O)C(=O)N[C@H](C(=O)N5C[C@H](O)C[C@H]5C(=O)N[C@H](C(=O)N[C@H](C(=O)N5C[C@@H](O)[C@@H](C)C5)[C@@H](C)O)[C@H](O)Cc5ccc(O)c(OS(=O)(=O)O)c5)[C@@H](C)O)CC4)s3)cc2)CC1. The predicted octanol–water partition coefficient (Wildman–Crippen LogP) is 0.00760. The summed E-state index contributed by atoms with van der Waals surface area (Å²) in [4.78, 5) is 87.1. The van der Waals surface area contributed by atoms with Crippen molar-refractivity contribution in [2.24, 2.45) is 17.8 Å². The third-order valence-corrected chi connectivity index (χ3v) is 20.4. The van der Waals surface area contributed by atoms with Crippen LogP contribution in [0.2, 0.25) is 0 Å². The van der Waals surface area contributed by atoms with Gasteiger partial charge in [-0.3, -0.25) is 33.3 Å². The molecule has 4 heterocycles. The van der Waals surface area contributed by atoms with E-state index in [0.29, 0.717) is 18.9 Å². The van der Waals surface area contributed by atoms with Crippen LogP contribution in [0, 0.1) is 17.8 Å². The van der Waals surface area contributed by atoms with Gasteiger partial charge in [0.15, 0.2) is 11.5 Å². The van der Waals surface area contributed by atoms with Gasteiger partial charge in [-0.15, -0.1) is 10.2 Å². The van der Waals surface area contributed by atoms with E-state index in [1.54, 1.807) is 18.3 Å². The molecule has 3 aliphatic heterocycles. The molecule has 2 aromatic carbocycles. The van der Waals surface area contributed by atoms with Crippen LogP contribution < -0.4 is 35.7 Å². The molecular weight excluding hydrogens is 1220 g/mol. The number of carbonyl (C=O) groups excluding carboxylic acids is 6. The lowest BCUT2D eigenvalue weighted by molar-refractivity contribution is -0.145. The Morgan fingerprint density at radius 3 is 2.10 bits per heavy atom. The number of likely N-dealkylation sites (tertiary alicyclic amines) is 2. The first-order valence-corrected chi connectivity index (χ1v) is 33.7. The van der Waals surface area contributed by atoms with E-state index in [2.05, 4.69) is 70.1 Å². The molecule has 3 saturated heterocycles. The van der Waals surface area contributed by atoms with E-state index < -0.39 is 138 Å². The van der Waals surface area contributed by atoms with E-state index in [1.807, 2.05) is 7.11 Å². The van der Waals surface area contributed by atoms with E-state index in [0.717, 1.165) is 84.2 Å². The lowest BCUT2D eigenvalue weighted by atomic mass is 9.72. The Morgan fingerprint density at radius 2 is 1.48 bits per heavy atom. The van der Waals surface area contributed by atoms with Crippen LogP contribution in [-0.2, 0) is 50.3 Å². The summed E-state index contributed by atoms with van der Waals surface area (Å²) in [6.45, 7) is 5.51. The fourth-order valence-corrected chi connectivity index (χ4v) is 14.9. The van der Waals surface area contributed by atoms with Gasteiger partial charge in [0.05, 0.1) is 48.3 Å². The Labute approximate surface area is 533 Å². The number of ether oxygens (including phenoxy) is 1. The van der Waals surface area contributed by atoms with Gasteiger partial charge in [-0.25, -0.2) is 0 Å². The van der Waals surface area contributed by atoms with Crippen LogP contribution in [-0.4, -0.2) is 230 Å². The Bertz CT molecular complexity index is 3060. The van der Waals surface area contributed by atoms with Crippen LogP contribution in [0.25, 0.3) is 10.6 Å². The molecule has 3 aromatic rings. The van der Waals surface area contributed by atoms with Gasteiger partial charge in [-0.1, -0.05) is 43.6 Å². The molecule has 0 spiro atoms. The number of β-amino-alcohol motifs (C(OH)–C–C–N with tert-alkyl or cyclic N) is 2. The number of nitrogens with zero attached hydrogens (tertiary/aromatic N) is 5. The Kier molecular flexibility index (Phi) is 24.6. The third-order valence-electron chi connectivity index (χ3n) is 18.9. The van der Waals surface area contributed by atoms with Gasteiger partial charge in [-0.2, -0.15) is 8.42 Å². The number of amides is 6. The van der Waals surface area contributed by atoms with Gasteiger partial charge in [-0.05, 0) is 132 Å². The molecule has 5 aliphatic rings. The highest BCUT2D eigenvalue weighted by atomic mass is 32.3. The molecule has 0 unspecified atom stereocenters. The molecule has 91 heavy (non-hydrogen) atoms. The number of rotatable bonds is 28. The Morgan fingerprint density at radius 1 is 0.824 bits per heavy atom. The van der Waals surface area contributed by atoms with E-state index in [9.17, 15) is 77.5 Å². The summed E-state index contributed by atoms with van der Waals surface area (Å²) in [6, 6.07) is 3.22. The number of aliphatic hydroxyl groups is 6. The van der Waals surface area contributed by atoms with Crippen LogP contribution in [0.4, 0.5) is 5.69 Å². The number of hydrogen-bond acceptors (Lipinski definition) is 22. The second-order valence-corrected chi connectivity index (χ2v) is 27.4. The lowest BCUT2D eigenvalue weighted by Crippen LogP contribution is -2.63. The molecule has 1 aromatic heterocycles. The van der Waals surface area contributed by atoms with Crippen LogP contribution in [0.1, 0.15) is 121 Å². The van der Waals surface area contributed by atoms with E-state index >= 15 is 0 Å². The van der Waals surface area contributed by atoms with Crippen molar-refractivity contribution in [2.45, 2.75) is 189 Å². The summed E-state index contributed by atoms with van der Waals surface area (Å²) in [5.41, 5.74) is 2.10. The van der Waals surface area contributed by atoms with Crippen LogP contribution in [0.5, 0.6) is 11.5 Å². The molecule has 13 N–H and O–H groups in total. The zero-order valence-electron chi connectivity index (χ0n) is 51.8. The van der Waals surface area contributed by atoms with Crippen LogP contribution in [0.3, 0.4) is 0 Å². The minimum atomic E-state index is -5.16. The molecular formula is C61H90N10O18S2. The summed E-state index contributed by atoms with van der Waals surface area (Å²) >= 11 is 1.58. The molecule has 0 radical (unpaired) electrons. The first-order chi connectivity index (χ1) is 43.3. The average Bonchev–Trinajstić information content (AvgIpc) is 1.57. The number of methoxy groups -OCH3 is 1. The molecule has 504 valence electrons. The number of aliphatic hydroxyl groups excluding tert-OH is 6. The number of hydrogen-bond donors (Lipinski definition) is 13. The molecule has 30 heteroatoms. The maximum absolute atomic E-state index is 14.6. The minimum Gasteiger partial charge on any atom is -0.504 e. The lowest BCUT2D eigenvalue weighted by Gasteiger charge is -2.47. The first-order valence-electron chi connectivity index (χ1n) is 31.5. The van der Waals surface area contributed by atoms with Gasteiger partial charge >= 0.3 is 10.4 Å². The number of piperidine rings is 1. The third kappa shape index (κ3) is 18.4. The molecule has 28 nitrogen and oxygen atoms in total. The quantitative estimate of drug-likeness (QED) is 0.0336. The standard InChI is InChI=1S/C61H90N10O18S2/c1-34-30-70(32-49(34)79)59(83)51(35(2)73)65-56(82)53(48(78)24-38-12-19-47(77)50(25-38)89-91(85,86)87)66-55(81)46-27-44(76)31-71(46)60(84)52(36(3)74)64-54(80)45(26-43(75)29-62-33-72)63-28-37-10-13-39(14-11-37)57-67-68-58(90-57)40-15-17-42(18-16-40)69-22-20-61(88-4,21-23-69)41-8-6-5-7-9-41/h12,15-19,25,33-37,39,41,43-46,48-49,51-53,63,73-79H,5-11,13-14,20-24,26-32H2,1-4H3,(H,62,72)(H,64,80)(H,65,82)(H,66,81)(H,85,86,87)/t34-,35+,36+,37-,39-,43+,44+,45-,46-,48+,49+,51-,52-,53-/m0/s1. The van der Waals surface area contributed by atoms with Crippen molar-refractivity contribution < 1.29 is 86.4 Å². The number of benzene rings is 2. The van der Waals surface area contributed by atoms with Crippen molar-refractivity contribution in [3.05, 3.63) is 53.0 Å². The number of carbonyl (C=O) groups is 6. The maximum atomic E-state index is 14.6. The second kappa shape index (κ2) is 31.6. The number of phenols is 1. The smallest absolute Gasteiger partial charge is 0.446 e. The van der Waals surface area contributed by atoms with Gasteiger partial charge in [0.1, 0.15) is 34.2 Å². The van der Waals surface area contributed by atoms with Gasteiger partial charge in [0.25, 0.3) is 0 Å². The van der Waals surface area contributed by atoms with Crippen molar-refractivity contribution in [2.75, 3.05) is 57.8 Å². The molecule has 5 fully saturated rings. The molecule has 12 atom stereocenters. The number of phenolic OH excluding ortho intramolecular Hbond substituents is 1. The van der Waals surface area contributed by atoms with E-state index in [1.165, 1.54) is 62.6 Å². The summed E-state index contributed by atoms with van der Waals surface area (Å²) in [5, 5.41) is 100. The summed E-state index contributed by atoms with van der Waals surface area (Å²) in [7, 11) is -3.28. The summed E-state index contributed by atoms with van der Waals surface area (Å²) < 4.78 is 43.0. The maximum Gasteiger partial charge on any atom is 0.446 e. The molecule has 8 rings (SSSR count). The zero-order valence-corrected chi connectivity index (χ0v) is 53.5. The van der Waals surface area contributed by atoms with Crippen molar-refractivity contribution >= 4 is 63.4 Å². The fraction of sp³-hybridized carbons (Fsp3) is 0.672. The molecule has 2 saturated carbocycles. The normalized spacial score (nSPS) is 24.8. The molecule has 6 amide bonds. The highest BCUT2D eigenvalue weighted by Gasteiger charge is 2.47. The number of aromatic nitrogens is 2. The molecule has 0 bridgehead atoms. The summed E-state index contributed by atoms with van der Waals surface area (Å²) in [6.07, 6.45) is 1.86. The van der Waals surface area contributed by atoms with Crippen molar-refractivity contribution in [1.29, 1.82) is 0 Å². The largest absolute Gasteiger partial charge is 0.504 e. The average molecular weight is 1320 g/mol. The highest BCUT2D eigenvalue weighted by molar-refractivity contribution is 7.81. The fourth-order valence-electron chi connectivity index (χ4n) is 13.5. The van der Waals surface area contributed by atoms with Crippen LogP contribution >= 0.6 is 11.3 Å². The van der Waals surface area contributed by atoms with Gasteiger partial charge in [0, 0.05) is 82.3 Å². The number of aromatic hydroxyl groups is 1. The monoisotopic (exact) mass is 1310 g/mol. The predicted molar refractivity (Wildman–Crippen MR) is 331 cm³/mol. The summed E-state index contributed by atoms with van der Waals surface area (Å²) in [5.74, 6) is -6.08. The van der Waals surface area contributed by atoms with Crippen LogP contribution in [0.15, 0.2) is 42.5 Å². The molecule has 2 aliphatic carbocycles. The van der Waals surface area contributed by atoms with Gasteiger partial charge < -0.3 is 85.9 Å². The van der Waals surface area contributed by atoms with E-state index in [4.69, 9.17) is 4.74 Å².